The molecule has 0 aromatic carbocycles. The lowest BCUT2D eigenvalue weighted by atomic mass is 10.2. The maximum atomic E-state index is 11.7. The summed E-state index contributed by atoms with van der Waals surface area (Å²) in [6, 6.07) is 3.71. The first kappa shape index (κ1) is 9.71. The molecule has 0 aliphatic heterocycles. The zero-order valence-electron chi connectivity index (χ0n) is 8.58. The maximum absolute atomic E-state index is 11.7. The molecule has 2 aromatic heterocycles. The maximum Gasteiger partial charge on any atom is 0.253 e. The van der Waals surface area contributed by atoms with E-state index in [2.05, 4.69) is 15.3 Å². The Labute approximate surface area is 87.7 Å². The second-order valence-electron chi connectivity index (χ2n) is 3.36. The van der Waals surface area contributed by atoms with Crippen LogP contribution in [0.15, 0.2) is 24.5 Å². The van der Waals surface area contributed by atoms with Crippen LogP contribution in [-0.4, -0.2) is 22.4 Å². The Kier molecular flexibility index (Phi) is 2.67. The largest absolute Gasteiger partial charge is 0.352 e. The quantitative estimate of drug-likeness (QED) is 0.797. The molecule has 4 heteroatoms. The minimum absolute atomic E-state index is 0.0453. The summed E-state index contributed by atoms with van der Waals surface area (Å²) in [7, 11) is 0. The van der Waals surface area contributed by atoms with Crippen LogP contribution in [0.25, 0.3) is 11.0 Å². The third kappa shape index (κ3) is 1.83. The van der Waals surface area contributed by atoms with Gasteiger partial charge in [0.05, 0.1) is 5.56 Å². The molecule has 0 fully saturated rings. The van der Waals surface area contributed by atoms with Gasteiger partial charge in [0.15, 0.2) is 0 Å². The second kappa shape index (κ2) is 4.13. The smallest absolute Gasteiger partial charge is 0.253 e. The van der Waals surface area contributed by atoms with Gasteiger partial charge in [-0.1, -0.05) is 6.92 Å². The summed E-state index contributed by atoms with van der Waals surface area (Å²) in [5.41, 5.74) is 1.41. The first-order valence-corrected chi connectivity index (χ1v) is 5.03. The van der Waals surface area contributed by atoms with E-state index in [0.717, 1.165) is 17.5 Å². The van der Waals surface area contributed by atoms with Crippen LogP contribution in [-0.2, 0) is 0 Å². The lowest BCUT2D eigenvalue weighted by Gasteiger charge is -2.00. The van der Waals surface area contributed by atoms with E-state index in [4.69, 9.17) is 0 Å². The highest BCUT2D eigenvalue weighted by atomic mass is 16.1. The van der Waals surface area contributed by atoms with Crippen LogP contribution in [0.4, 0.5) is 0 Å². The van der Waals surface area contributed by atoms with E-state index in [1.54, 1.807) is 12.4 Å². The van der Waals surface area contributed by atoms with Gasteiger partial charge >= 0.3 is 0 Å². The molecule has 0 bridgehead atoms. The van der Waals surface area contributed by atoms with Crippen molar-refractivity contribution in [2.24, 2.45) is 0 Å². The topological polar surface area (TPSA) is 57.8 Å². The van der Waals surface area contributed by atoms with E-state index in [1.165, 1.54) is 0 Å². The van der Waals surface area contributed by atoms with Gasteiger partial charge < -0.3 is 10.3 Å². The van der Waals surface area contributed by atoms with Gasteiger partial charge in [0, 0.05) is 24.3 Å². The third-order valence-corrected chi connectivity index (χ3v) is 2.23. The van der Waals surface area contributed by atoms with Crippen molar-refractivity contribution in [3.05, 3.63) is 30.1 Å². The molecule has 4 nitrogen and oxygen atoms in total. The Bertz CT molecular complexity index is 475. The predicted octanol–water partition coefficient (Wildman–Crippen LogP) is 1.70. The van der Waals surface area contributed by atoms with E-state index in [-0.39, 0.29) is 5.91 Å². The average molecular weight is 203 g/mol. The van der Waals surface area contributed by atoms with Crippen molar-refractivity contribution in [3.8, 4) is 0 Å². The number of rotatable bonds is 3. The number of carbonyl (C=O) groups excluding carboxylic acids is 1. The molecule has 1 amide bonds. The summed E-state index contributed by atoms with van der Waals surface area (Å²) >= 11 is 0. The highest BCUT2D eigenvalue weighted by Gasteiger charge is 2.10. The van der Waals surface area contributed by atoms with Gasteiger partial charge in [-0.05, 0) is 18.6 Å². The van der Waals surface area contributed by atoms with Crippen LogP contribution in [0.3, 0.4) is 0 Å². The van der Waals surface area contributed by atoms with E-state index in [1.807, 2.05) is 19.1 Å². The molecule has 2 heterocycles. The number of nitrogens with one attached hydrogen (secondary N) is 2. The average Bonchev–Trinajstić information content (AvgIpc) is 2.69. The summed E-state index contributed by atoms with van der Waals surface area (Å²) in [5.74, 6) is -0.0453. The van der Waals surface area contributed by atoms with Crippen LogP contribution < -0.4 is 5.32 Å². The van der Waals surface area contributed by atoms with E-state index >= 15 is 0 Å². The third-order valence-electron chi connectivity index (χ3n) is 2.23. The van der Waals surface area contributed by atoms with Gasteiger partial charge in [0.1, 0.15) is 5.65 Å². The number of H-pyrrole nitrogens is 1. The fourth-order valence-electron chi connectivity index (χ4n) is 1.48. The zero-order chi connectivity index (χ0) is 10.7. The Morgan fingerprint density at radius 1 is 1.60 bits per heavy atom. The molecule has 0 unspecified atom stereocenters. The van der Waals surface area contributed by atoms with Crippen molar-refractivity contribution in [3.63, 3.8) is 0 Å². The molecule has 15 heavy (non-hydrogen) atoms. The SMILES string of the molecule is CCCNC(=O)c1c[nH]c2ncccc12. The first-order chi connectivity index (χ1) is 7.33. The lowest BCUT2D eigenvalue weighted by molar-refractivity contribution is 0.0955. The van der Waals surface area contributed by atoms with Crippen molar-refractivity contribution >= 4 is 16.9 Å². The number of aromatic nitrogens is 2. The first-order valence-electron chi connectivity index (χ1n) is 5.03. The number of carbonyl (C=O) groups is 1. The van der Waals surface area contributed by atoms with Gasteiger partial charge in [0.25, 0.3) is 5.91 Å². The lowest BCUT2D eigenvalue weighted by Crippen LogP contribution is -2.23. The summed E-state index contributed by atoms with van der Waals surface area (Å²) < 4.78 is 0. The van der Waals surface area contributed by atoms with Crippen molar-refractivity contribution in [1.29, 1.82) is 0 Å². The number of fused-ring (bicyclic) bond motifs is 1. The Hall–Kier alpha value is -1.84. The van der Waals surface area contributed by atoms with Gasteiger partial charge in [-0.3, -0.25) is 4.79 Å². The molecule has 2 rings (SSSR count). The van der Waals surface area contributed by atoms with E-state index < -0.39 is 0 Å². The van der Waals surface area contributed by atoms with Gasteiger partial charge in [-0.25, -0.2) is 4.98 Å². The molecule has 0 radical (unpaired) electrons. The predicted molar refractivity (Wildman–Crippen MR) is 58.7 cm³/mol. The summed E-state index contributed by atoms with van der Waals surface area (Å²) in [4.78, 5) is 18.8. The standard InChI is InChI=1S/C11H13N3O/c1-2-5-13-11(15)9-7-14-10-8(9)4-3-6-12-10/h3-4,6-7H,2,5H2,1H3,(H,12,14)(H,13,15). The number of aromatic amines is 1. The Morgan fingerprint density at radius 2 is 2.47 bits per heavy atom. The van der Waals surface area contributed by atoms with Crippen molar-refractivity contribution in [2.75, 3.05) is 6.54 Å². The molecular weight excluding hydrogens is 190 g/mol. The molecule has 2 N–H and O–H groups in total. The minimum atomic E-state index is -0.0453. The molecule has 0 aliphatic rings. The molecule has 2 aromatic rings. The second-order valence-corrected chi connectivity index (χ2v) is 3.36. The normalized spacial score (nSPS) is 10.5. The molecule has 0 atom stereocenters. The molecular formula is C11H13N3O. The van der Waals surface area contributed by atoms with Crippen molar-refractivity contribution in [1.82, 2.24) is 15.3 Å². The molecule has 0 aliphatic carbocycles. The molecule has 0 saturated carbocycles. The Balaban J connectivity index is 2.31. The van der Waals surface area contributed by atoms with Gasteiger partial charge in [-0.15, -0.1) is 0 Å². The highest BCUT2D eigenvalue weighted by Crippen LogP contribution is 2.14. The van der Waals surface area contributed by atoms with E-state index in [0.29, 0.717) is 12.1 Å². The summed E-state index contributed by atoms with van der Waals surface area (Å²) in [6.45, 7) is 2.73. The van der Waals surface area contributed by atoms with Gasteiger partial charge in [0.2, 0.25) is 0 Å². The van der Waals surface area contributed by atoms with Crippen LogP contribution in [0.5, 0.6) is 0 Å². The summed E-state index contributed by atoms with van der Waals surface area (Å²) in [5, 5.41) is 3.71. The monoisotopic (exact) mass is 203 g/mol. The fraction of sp³-hybridized carbons (Fsp3) is 0.273. The number of pyridine rings is 1. The highest BCUT2D eigenvalue weighted by molar-refractivity contribution is 6.05. The number of hydrogen-bond donors (Lipinski definition) is 2. The number of nitrogens with zero attached hydrogens (tertiary/aromatic N) is 1. The van der Waals surface area contributed by atoms with Crippen LogP contribution in [0, 0.1) is 0 Å². The Morgan fingerprint density at radius 3 is 3.27 bits per heavy atom. The van der Waals surface area contributed by atoms with E-state index in [9.17, 15) is 4.79 Å². The fourth-order valence-corrected chi connectivity index (χ4v) is 1.48. The number of amides is 1. The number of hydrogen-bond acceptors (Lipinski definition) is 2. The van der Waals surface area contributed by atoms with Crippen molar-refractivity contribution < 1.29 is 4.79 Å². The minimum Gasteiger partial charge on any atom is -0.352 e. The molecule has 78 valence electrons. The molecule has 0 saturated heterocycles. The van der Waals surface area contributed by atoms with Crippen molar-refractivity contribution in [2.45, 2.75) is 13.3 Å². The summed E-state index contributed by atoms with van der Waals surface area (Å²) in [6.07, 6.45) is 4.33. The van der Waals surface area contributed by atoms with Crippen LogP contribution in [0.2, 0.25) is 0 Å². The van der Waals surface area contributed by atoms with Crippen LogP contribution in [0.1, 0.15) is 23.7 Å². The zero-order valence-corrected chi connectivity index (χ0v) is 8.58. The molecule has 0 spiro atoms. The van der Waals surface area contributed by atoms with Gasteiger partial charge in [-0.2, -0.15) is 0 Å². The van der Waals surface area contributed by atoms with Crippen LogP contribution >= 0.6 is 0 Å².